The number of nitrogens with one attached hydrogen (secondary N) is 1. The van der Waals surface area contributed by atoms with E-state index < -0.39 is 0 Å². The lowest BCUT2D eigenvalue weighted by molar-refractivity contribution is -0.112. The van der Waals surface area contributed by atoms with Gasteiger partial charge in [0.15, 0.2) is 0 Å². The minimum Gasteiger partial charge on any atom is -0.351 e. The highest BCUT2D eigenvalue weighted by Crippen LogP contribution is 2.22. The lowest BCUT2D eigenvalue weighted by atomic mass is 9.99. The van der Waals surface area contributed by atoms with E-state index in [4.69, 9.17) is 0 Å². The van der Waals surface area contributed by atoms with Crippen LogP contribution in [-0.4, -0.2) is 22.1 Å². The van der Waals surface area contributed by atoms with Crippen LogP contribution in [0.5, 0.6) is 0 Å². The summed E-state index contributed by atoms with van der Waals surface area (Å²) in [7, 11) is 0. The molecule has 0 fully saturated rings. The molecule has 0 atom stereocenters. The third-order valence-corrected chi connectivity index (χ3v) is 3.60. The molecule has 0 unspecified atom stereocenters. The standard InChI is InChI=1S/C15H10N4O.ClH/c1-8-9(12-6-16-7-18-12)2-3-10-13(8)14-11(19-10)4-5-17-15(14)20;/h2-7H,1H3,(H,16,18);1H. The van der Waals surface area contributed by atoms with Crippen LogP contribution in [0.3, 0.4) is 0 Å². The lowest BCUT2D eigenvalue weighted by Crippen LogP contribution is -2.28. The second kappa shape index (κ2) is 4.79. The van der Waals surface area contributed by atoms with Crippen LogP contribution in [0.4, 0.5) is 0 Å². The van der Waals surface area contributed by atoms with Gasteiger partial charge in [0.2, 0.25) is 0 Å². The molecule has 6 heteroatoms. The molecular weight excluding hydrogens is 288 g/mol. The van der Waals surface area contributed by atoms with Crippen LogP contribution in [0.2, 0.25) is 0 Å². The normalized spacial score (nSPS) is 15.0. The zero-order valence-corrected chi connectivity index (χ0v) is 11.9. The van der Waals surface area contributed by atoms with Crippen LogP contribution in [-0.2, 0) is 4.79 Å². The zero-order chi connectivity index (χ0) is 13.7. The average molecular weight is 299 g/mol. The Balaban J connectivity index is 0.00000132. The molecule has 1 aromatic heterocycles. The minimum atomic E-state index is -0.229. The van der Waals surface area contributed by atoms with Crippen molar-refractivity contribution in [1.29, 1.82) is 0 Å². The van der Waals surface area contributed by atoms with Crippen LogP contribution in [0.25, 0.3) is 16.8 Å². The Labute approximate surface area is 126 Å². The van der Waals surface area contributed by atoms with Gasteiger partial charge in [0, 0.05) is 23.2 Å². The maximum atomic E-state index is 12.0. The van der Waals surface area contributed by atoms with Gasteiger partial charge < -0.3 is 4.98 Å². The third kappa shape index (κ3) is 1.86. The summed E-state index contributed by atoms with van der Waals surface area (Å²) in [6.07, 6.45) is 6.74. The van der Waals surface area contributed by atoms with Crippen molar-refractivity contribution in [3.8, 4) is 11.3 Å². The summed E-state index contributed by atoms with van der Waals surface area (Å²) in [5.41, 5.74) is 4.15. The number of allylic oxidation sites excluding steroid dienone is 1. The van der Waals surface area contributed by atoms with E-state index in [0.29, 0.717) is 11.3 Å². The second-order valence-electron chi connectivity index (χ2n) is 4.71. The number of fused-ring (bicyclic) bond motifs is 2. The Hall–Kier alpha value is -2.53. The van der Waals surface area contributed by atoms with Crippen molar-refractivity contribution in [2.45, 2.75) is 6.92 Å². The van der Waals surface area contributed by atoms with Gasteiger partial charge in [-0.05, 0) is 24.6 Å². The van der Waals surface area contributed by atoms with Gasteiger partial charge in [-0.25, -0.2) is 15.0 Å². The van der Waals surface area contributed by atoms with Crippen molar-refractivity contribution in [2.75, 3.05) is 0 Å². The molecular formula is C15H11ClN4O. The number of hydrogen-bond donors (Lipinski definition) is 1. The molecule has 1 amide bonds. The second-order valence-corrected chi connectivity index (χ2v) is 4.71. The third-order valence-electron chi connectivity index (χ3n) is 3.60. The SMILES string of the molecule is Cc1c(-c2c[nH]cn2)ccc2c1=C1C(=O)N=CC=C1N=2.Cl. The number of rotatable bonds is 1. The maximum Gasteiger partial charge on any atom is 0.279 e. The Morgan fingerprint density at radius 3 is 2.86 bits per heavy atom. The first-order valence-electron chi connectivity index (χ1n) is 6.26. The fourth-order valence-electron chi connectivity index (χ4n) is 2.68. The minimum absolute atomic E-state index is 0. The van der Waals surface area contributed by atoms with Gasteiger partial charge in [-0.2, -0.15) is 0 Å². The van der Waals surface area contributed by atoms with Crippen molar-refractivity contribution in [3.05, 3.63) is 52.6 Å². The largest absolute Gasteiger partial charge is 0.351 e. The van der Waals surface area contributed by atoms with E-state index in [1.165, 1.54) is 6.21 Å². The highest BCUT2D eigenvalue weighted by molar-refractivity contribution is 6.24. The van der Waals surface area contributed by atoms with Gasteiger partial charge in [0.05, 0.1) is 28.6 Å². The number of halogens is 1. The van der Waals surface area contributed by atoms with Crippen LogP contribution < -0.4 is 10.6 Å². The van der Waals surface area contributed by atoms with E-state index in [-0.39, 0.29) is 18.3 Å². The first kappa shape index (κ1) is 13.5. The van der Waals surface area contributed by atoms with Crippen LogP contribution in [0.15, 0.2) is 46.4 Å². The zero-order valence-electron chi connectivity index (χ0n) is 11.1. The molecule has 5 nitrogen and oxygen atoms in total. The van der Waals surface area contributed by atoms with E-state index in [0.717, 1.165) is 27.4 Å². The molecule has 0 radical (unpaired) electrons. The number of H-pyrrole nitrogens is 1. The summed E-state index contributed by atoms with van der Waals surface area (Å²) in [6, 6.07) is 3.91. The smallest absolute Gasteiger partial charge is 0.279 e. The van der Waals surface area contributed by atoms with Gasteiger partial charge in [-0.1, -0.05) is 6.07 Å². The Morgan fingerprint density at radius 1 is 1.24 bits per heavy atom. The summed E-state index contributed by atoms with van der Waals surface area (Å²) < 4.78 is 0. The van der Waals surface area contributed by atoms with Crippen molar-refractivity contribution in [2.24, 2.45) is 9.98 Å². The van der Waals surface area contributed by atoms with Crippen molar-refractivity contribution < 1.29 is 4.79 Å². The van der Waals surface area contributed by atoms with E-state index in [1.807, 2.05) is 25.3 Å². The summed E-state index contributed by atoms with van der Waals surface area (Å²) in [5.74, 6) is -0.229. The molecule has 1 N–H and O–H groups in total. The number of aliphatic imine (C=N–C) groups is 1. The van der Waals surface area contributed by atoms with Crippen LogP contribution in [0, 0.1) is 6.92 Å². The number of amides is 1. The monoisotopic (exact) mass is 298 g/mol. The lowest BCUT2D eigenvalue weighted by Gasteiger charge is -2.05. The summed E-state index contributed by atoms with van der Waals surface area (Å²) in [4.78, 5) is 27.6. The highest BCUT2D eigenvalue weighted by Gasteiger charge is 2.23. The van der Waals surface area contributed by atoms with E-state index >= 15 is 0 Å². The van der Waals surface area contributed by atoms with Crippen molar-refractivity contribution >= 4 is 30.1 Å². The van der Waals surface area contributed by atoms with E-state index in [2.05, 4.69) is 20.0 Å². The average Bonchev–Trinajstić information content (AvgIpc) is 3.06. The molecule has 2 aliphatic rings. The topological polar surface area (TPSA) is 70.5 Å². The number of carbonyl (C=O) groups is 1. The number of imidazole rings is 1. The van der Waals surface area contributed by atoms with Crippen molar-refractivity contribution in [3.63, 3.8) is 0 Å². The van der Waals surface area contributed by atoms with Gasteiger partial charge in [-0.3, -0.25) is 4.79 Å². The summed E-state index contributed by atoms with van der Waals surface area (Å²) in [5, 5.41) is 1.69. The molecule has 1 aromatic carbocycles. The molecule has 0 saturated carbocycles. The molecule has 3 heterocycles. The maximum absolute atomic E-state index is 12.0. The van der Waals surface area contributed by atoms with E-state index in [9.17, 15) is 4.79 Å². The van der Waals surface area contributed by atoms with E-state index in [1.54, 1.807) is 12.4 Å². The number of hydrogen-bond acceptors (Lipinski definition) is 3. The fraction of sp³-hybridized carbons (Fsp3) is 0.0667. The highest BCUT2D eigenvalue weighted by atomic mass is 35.5. The molecule has 0 bridgehead atoms. The fourth-order valence-corrected chi connectivity index (χ4v) is 2.68. The Bertz CT molecular complexity index is 923. The predicted molar refractivity (Wildman–Crippen MR) is 81.8 cm³/mol. The van der Waals surface area contributed by atoms with Crippen molar-refractivity contribution in [1.82, 2.24) is 9.97 Å². The predicted octanol–water partition coefficient (Wildman–Crippen LogP) is 1.09. The molecule has 0 spiro atoms. The van der Waals surface area contributed by atoms with Crippen LogP contribution >= 0.6 is 12.4 Å². The Kier molecular flexibility index (Phi) is 3.07. The Morgan fingerprint density at radius 2 is 2.10 bits per heavy atom. The summed E-state index contributed by atoms with van der Waals surface area (Å²) >= 11 is 0. The summed E-state index contributed by atoms with van der Waals surface area (Å²) in [6.45, 7) is 1.99. The molecule has 4 rings (SSSR count). The number of nitrogens with zero attached hydrogens (tertiary/aromatic N) is 3. The van der Waals surface area contributed by atoms with Gasteiger partial charge in [0.1, 0.15) is 0 Å². The number of aromatic nitrogens is 2. The number of benzene rings is 1. The molecule has 21 heavy (non-hydrogen) atoms. The molecule has 0 saturated heterocycles. The molecule has 2 aliphatic heterocycles. The molecule has 2 aromatic rings. The van der Waals surface area contributed by atoms with Gasteiger partial charge >= 0.3 is 0 Å². The number of aromatic amines is 1. The first-order valence-corrected chi connectivity index (χ1v) is 6.26. The number of dihydropyridines is 1. The van der Waals surface area contributed by atoms with Gasteiger partial charge in [-0.15, -0.1) is 12.4 Å². The molecule has 104 valence electrons. The molecule has 0 aliphatic carbocycles. The van der Waals surface area contributed by atoms with Crippen LogP contribution in [0.1, 0.15) is 5.56 Å². The number of carbonyl (C=O) groups excluding carboxylic acids is 1. The van der Waals surface area contributed by atoms with Gasteiger partial charge in [0.25, 0.3) is 5.91 Å². The first-order chi connectivity index (χ1) is 9.75. The quantitative estimate of drug-likeness (QED) is 0.856.